The molecule has 0 radical (unpaired) electrons. The largest absolute Gasteiger partial charge is 0.316 e. The molecule has 0 unspecified atom stereocenters. The van der Waals surface area contributed by atoms with Crippen molar-refractivity contribution in [2.45, 2.75) is 0 Å². The van der Waals surface area contributed by atoms with Gasteiger partial charge in [0.05, 0.1) is 4.34 Å². The fourth-order valence-electron chi connectivity index (χ4n) is 0.259. The number of hydrogen-bond donors (Lipinski definition) is 0. The van der Waals surface area contributed by atoms with Crippen LogP contribution in [0.1, 0.15) is 0 Å². The van der Waals surface area contributed by atoms with Crippen LogP contribution in [-0.2, 0) is 0 Å². The third-order valence-corrected chi connectivity index (χ3v) is 1.53. The predicted octanol–water partition coefficient (Wildman–Crippen LogP) is 1.49. The molecule has 0 aliphatic heterocycles. The lowest BCUT2D eigenvalue weighted by Crippen LogP contribution is -1.29. The molecule has 1 heterocycles. The summed E-state index contributed by atoms with van der Waals surface area (Å²) in [6, 6.07) is 3.79. The second-order valence-corrected chi connectivity index (χ2v) is 2.50. The molecule has 1 rings (SSSR count). The van der Waals surface area contributed by atoms with Crippen LogP contribution in [0.25, 0.3) is 0 Å². The second kappa shape index (κ2) is 3.72. The summed E-state index contributed by atoms with van der Waals surface area (Å²) in [4.78, 5) is 0. The molecule has 1 aromatic rings. The minimum Gasteiger partial charge on any atom is -0.132 e. The summed E-state index contributed by atoms with van der Waals surface area (Å²) in [7, 11) is 0. The maximum atomic E-state index is 5.47. The van der Waals surface area contributed by atoms with Gasteiger partial charge in [0.15, 0.2) is 0 Å². The third-order valence-electron chi connectivity index (χ3n) is 0.486. The van der Waals surface area contributed by atoms with Gasteiger partial charge >= 0.3 is 23.1 Å². The van der Waals surface area contributed by atoms with Crippen molar-refractivity contribution < 1.29 is 0 Å². The highest BCUT2D eigenvalue weighted by Crippen LogP contribution is 2.13. The van der Waals surface area contributed by atoms with Gasteiger partial charge in [0.1, 0.15) is 0 Å². The SMILES string of the molecule is Clc1cccs1.[MgH2]. The molecule has 0 N–H and O–H groups in total. The van der Waals surface area contributed by atoms with Crippen molar-refractivity contribution in [2.24, 2.45) is 0 Å². The first-order valence-corrected chi connectivity index (χ1v) is 2.84. The minimum absolute atomic E-state index is 0. The average Bonchev–Trinajstić information content (AvgIpc) is 1.86. The molecule has 0 aromatic carbocycles. The van der Waals surface area contributed by atoms with E-state index in [0.29, 0.717) is 0 Å². The first-order chi connectivity index (χ1) is 2.89. The fraction of sp³-hybridized carbons (Fsp3) is 0. The van der Waals surface area contributed by atoms with Crippen LogP contribution in [0.3, 0.4) is 0 Å². The lowest BCUT2D eigenvalue weighted by Gasteiger charge is -1.62. The Bertz CT molecular complexity index is 115. The Morgan fingerprint density at radius 1 is 1.57 bits per heavy atom. The summed E-state index contributed by atoms with van der Waals surface area (Å²) in [6.45, 7) is 0. The number of thiophene rings is 1. The maximum Gasteiger partial charge on any atom is 0.316 e. The van der Waals surface area contributed by atoms with Crippen molar-refractivity contribution in [3.63, 3.8) is 0 Å². The van der Waals surface area contributed by atoms with Crippen molar-refractivity contribution in [2.75, 3.05) is 0 Å². The molecular formula is C4H5ClMgS. The van der Waals surface area contributed by atoms with E-state index in [-0.39, 0.29) is 23.1 Å². The Labute approximate surface area is 67.6 Å². The van der Waals surface area contributed by atoms with Crippen LogP contribution in [0.5, 0.6) is 0 Å². The van der Waals surface area contributed by atoms with Crippen LogP contribution in [0.15, 0.2) is 17.5 Å². The van der Waals surface area contributed by atoms with Crippen LogP contribution in [-0.4, -0.2) is 23.1 Å². The van der Waals surface area contributed by atoms with Gasteiger partial charge in [-0.1, -0.05) is 11.6 Å². The van der Waals surface area contributed by atoms with Gasteiger partial charge in [-0.2, -0.15) is 0 Å². The van der Waals surface area contributed by atoms with Crippen molar-refractivity contribution in [3.05, 3.63) is 21.8 Å². The van der Waals surface area contributed by atoms with Crippen LogP contribution in [0.2, 0.25) is 4.34 Å². The quantitative estimate of drug-likeness (QED) is 0.485. The normalized spacial score (nSPS) is 7.57. The van der Waals surface area contributed by atoms with Crippen LogP contribution < -0.4 is 0 Å². The van der Waals surface area contributed by atoms with Gasteiger partial charge in [-0.25, -0.2) is 0 Å². The predicted molar refractivity (Wildman–Crippen MR) is 37.9 cm³/mol. The summed E-state index contributed by atoms with van der Waals surface area (Å²) < 4.78 is 0.856. The third kappa shape index (κ3) is 2.54. The molecule has 7 heavy (non-hydrogen) atoms. The van der Waals surface area contributed by atoms with E-state index in [1.54, 1.807) is 11.3 Å². The lowest BCUT2D eigenvalue weighted by molar-refractivity contribution is 2.02. The molecule has 1 aromatic heterocycles. The van der Waals surface area contributed by atoms with E-state index in [9.17, 15) is 0 Å². The van der Waals surface area contributed by atoms with E-state index in [1.165, 1.54) is 0 Å². The Morgan fingerprint density at radius 2 is 2.29 bits per heavy atom. The highest BCUT2D eigenvalue weighted by atomic mass is 35.5. The molecule has 36 valence electrons. The van der Waals surface area contributed by atoms with Gasteiger partial charge in [-0.15, -0.1) is 11.3 Å². The van der Waals surface area contributed by atoms with E-state index in [0.717, 1.165) is 4.34 Å². The lowest BCUT2D eigenvalue weighted by atomic mass is 10.7. The molecule has 0 aliphatic rings. The van der Waals surface area contributed by atoms with E-state index < -0.39 is 0 Å². The molecule has 0 saturated heterocycles. The first kappa shape index (κ1) is 7.76. The molecule has 3 heteroatoms. The smallest absolute Gasteiger partial charge is 0.132 e. The zero-order valence-corrected chi connectivity index (χ0v) is 4.59. The summed E-state index contributed by atoms with van der Waals surface area (Å²) in [5.74, 6) is 0. The topological polar surface area (TPSA) is 0 Å². The first-order valence-electron chi connectivity index (χ1n) is 1.58. The average molecular weight is 145 g/mol. The van der Waals surface area contributed by atoms with E-state index >= 15 is 0 Å². The minimum atomic E-state index is 0. The van der Waals surface area contributed by atoms with Crippen LogP contribution >= 0.6 is 22.9 Å². The molecule has 0 atom stereocenters. The molecule has 0 saturated carbocycles. The molecule has 0 amide bonds. The zero-order valence-electron chi connectivity index (χ0n) is 3.02. The molecular weight excluding hydrogens is 140 g/mol. The zero-order chi connectivity index (χ0) is 4.41. The Morgan fingerprint density at radius 3 is 2.43 bits per heavy atom. The van der Waals surface area contributed by atoms with Gasteiger partial charge in [-0.3, -0.25) is 0 Å². The molecule has 0 aliphatic carbocycles. The molecule has 0 spiro atoms. The van der Waals surface area contributed by atoms with Gasteiger partial charge < -0.3 is 0 Å². The van der Waals surface area contributed by atoms with E-state index in [4.69, 9.17) is 11.6 Å². The van der Waals surface area contributed by atoms with Crippen molar-refractivity contribution >= 4 is 46.0 Å². The molecule has 0 fully saturated rings. The van der Waals surface area contributed by atoms with E-state index in [1.807, 2.05) is 17.5 Å². The van der Waals surface area contributed by atoms with Crippen molar-refractivity contribution in [1.29, 1.82) is 0 Å². The summed E-state index contributed by atoms with van der Waals surface area (Å²) in [5, 5.41) is 1.95. The Hall–Kier alpha value is 0.756. The van der Waals surface area contributed by atoms with Crippen molar-refractivity contribution in [1.82, 2.24) is 0 Å². The molecule has 0 bridgehead atoms. The Kier molecular flexibility index (Phi) is 4.12. The summed E-state index contributed by atoms with van der Waals surface area (Å²) in [5.41, 5.74) is 0. The summed E-state index contributed by atoms with van der Waals surface area (Å²) in [6.07, 6.45) is 0. The van der Waals surface area contributed by atoms with Crippen LogP contribution in [0, 0.1) is 0 Å². The second-order valence-electron chi connectivity index (χ2n) is 0.917. The van der Waals surface area contributed by atoms with E-state index in [2.05, 4.69) is 0 Å². The van der Waals surface area contributed by atoms with Gasteiger partial charge in [0.2, 0.25) is 0 Å². The molecule has 0 nitrogen and oxygen atoms in total. The number of halogens is 1. The van der Waals surface area contributed by atoms with Gasteiger partial charge in [0, 0.05) is 0 Å². The maximum absolute atomic E-state index is 5.47. The fourth-order valence-corrected chi connectivity index (χ4v) is 0.930. The van der Waals surface area contributed by atoms with Gasteiger partial charge in [-0.05, 0) is 17.5 Å². The number of rotatable bonds is 0. The van der Waals surface area contributed by atoms with Gasteiger partial charge in [0.25, 0.3) is 0 Å². The standard InChI is InChI=1S/C4H3ClS.Mg.2H/c5-4-2-1-3-6-4;;;/h1-3H;;;. The van der Waals surface area contributed by atoms with Crippen LogP contribution in [0.4, 0.5) is 0 Å². The monoisotopic (exact) mass is 144 g/mol. The number of hydrogen-bond acceptors (Lipinski definition) is 1. The van der Waals surface area contributed by atoms with Crippen molar-refractivity contribution in [3.8, 4) is 0 Å². The summed E-state index contributed by atoms with van der Waals surface area (Å²) >= 11 is 7.02. The Balaban J connectivity index is 0.000000360. The highest BCUT2D eigenvalue weighted by Gasteiger charge is 1.77. The highest BCUT2D eigenvalue weighted by molar-refractivity contribution is 7.14.